The first kappa shape index (κ1) is 8.99. The van der Waals surface area contributed by atoms with E-state index < -0.39 is 0 Å². The second-order valence-corrected chi connectivity index (χ2v) is 5.39. The van der Waals surface area contributed by atoms with Gasteiger partial charge in [-0.25, -0.2) is 4.98 Å². The van der Waals surface area contributed by atoms with Crippen molar-refractivity contribution in [1.82, 2.24) is 4.98 Å². The van der Waals surface area contributed by atoms with Gasteiger partial charge in [0, 0.05) is 15.2 Å². The van der Waals surface area contributed by atoms with Crippen LogP contribution >= 0.6 is 57.1 Å². The lowest BCUT2D eigenvalue weighted by Gasteiger charge is -1.93. The molecule has 62 valence electrons. The molecule has 1 nitrogen and oxygen atoms in total. The van der Waals surface area contributed by atoms with Crippen LogP contribution in [0.5, 0.6) is 0 Å². The van der Waals surface area contributed by atoms with Gasteiger partial charge in [0.05, 0.1) is 9.04 Å². The van der Waals surface area contributed by atoms with Gasteiger partial charge in [0.1, 0.15) is 5.15 Å². The molecule has 2 rings (SSSR count). The molecular weight excluding hydrogens is 328 g/mol. The zero-order chi connectivity index (χ0) is 8.72. The minimum atomic E-state index is 0.530. The Kier molecular flexibility index (Phi) is 2.46. The minimum Gasteiger partial charge on any atom is -0.242 e. The predicted octanol–water partition coefficient (Wildman–Crippen LogP) is 4.21. The molecule has 2 aromatic heterocycles. The summed E-state index contributed by atoms with van der Waals surface area (Å²) in [5.41, 5.74) is 0. The van der Waals surface area contributed by atoms with Gasteiger partial charge in [-0.3, -0.25) is 0 Å². The van der Waals surface area contributed by atoms with Crippen molar-refractivity contribution in [3.63, 3.8) is 0 Å². The quantitative estimate of drug-likeness (QED) is 0.521. The summed E-state index contributed by atoms with van der Waals surface area (Å²) in [4.78, 5) is 4.03. The Morgan fingerprint density at radius 1 is 1.42 bits per heavy atom. The van der Waals surface area contributed by atoms with Crippen LogP contribution in [-0.2, 0) is 0 Å². The fourth-order valence-corrected chi connectivity index (χ4v) is 3.08. The summed E-state index contributed by atoms with van der Waals surface area (Å²) >= 11 is 15.4. The molecule has 0 aromatic carbocycles. The Morgan fingerprint density at radius 3 is 2.83 bits per heavy atom. The fraction of sp³-hybridized carbons (Fsp3) is 0. The van der Waals surface area contributed by atoms with Crippen LogP contribution in [0.4, 0.5) is 0 Å². The number of aromatic nitrogens is 1. The smallest absolute Gasteiger partial charge is 0.146 e. The molecule has 0 aliphatic carbocycles. The number of nitrogens with zero attached hydrogens (tertiary/aromatic N) is 1. The van der Waals surface area contributed by atoms with E-state index in [1.54, 1.807) is 6.20 Å². The molecule has 0 radical (unpaired) electrons. The fourth-order valence-electron chi connectivity index (χ4n) is 0.933. The SMILES string of the molecule is Clc1cc2c(I)cnc(Cl)c2s1. The van der Waals surface area contributed by atoms with E-state index in [-0.39, 0.29) is 0 Å². The van der Waals surface area contributed by atoms with Crippen LogP contribution in [-0.4, -0.2) is 4.98 Å². The number of pyridine rings is 1. The molecule has 0 fully saturated rings. The average molecular weight is 330 g/mol. The van der Waals surface area contributed by atoms with Crippen molar-refractivity contribution in [2.24, 2.45) is 0 Å². The maximum atomic E-state index is 5.88. The van der Waals surface area contributed by atoms with E-state index >= 15 is 0 Å². The molecule has 0 N–H and O–H groups in total. The molecule has 5 heteroatoms. The lowest BCUT2D eigenvalue weighted by Crippen LogP contribution is -1.77. The lowest BCUT2D eigenvalue weighted by molar-refractivity contribution is 1.35. The molecule has 2 heterocycles. The van der Waals surface area contributed by atoms with Crippen molar-refractivity contribution in [1.29, 1.82) is 0 Å². The molecule has 0 unspecified atom stereocenters. The Labute approximate surface area is 96.8 Å². The highest BCUT2D eigenvalue weighted by molar-refractivity contribution is 14.1. The number of halogens is 3. The topological polar surface area (TPSA) is 12.9 Å². The van der Waals surface area contributed by atoms with Gasteiger partial charge in [-0.2, -0.15) is 0 Å². The summed E-state index contributed by atoms with van der Waals surface area (Å²) in [6, 6.07) is 1.91. The molecule has 0 bridgehead atoms. The van der Waals surface area contributed by atoms with Gasteiger partial charge in [-0.05, 0) is 28.7 Å². The molecule has 0 saturated heterocycles. The highest BCUT2D eigenvalue weighted by atomic mass is 127. The van der Waals surface area contributed by atoms with E-state index in [0.29, 0.717) is 5.15 Å². The van der Waals surface area contributed by atoms with Crippen molar-refractivity contribution >= 4 is 67.2 Å². The minimum absolute atomic E-state index is 0.530. The Morgan fingerprint density at radius 2 is 2.17 bits per heavy atom. The summed E-state index contributed by atoms with van der Waals surface area (Å²) in [5, 5.41) is 1.62. The second kappa shape index (κ2) is 3.29. The van der Waals surface area contributed by atoms with Gasteiger partial charge in [-0.1, -0.05) is 23.2 Å². The molecule has 0 amide bonds. The van der Waals surface area contributed by atoms with E-state index in [9.17, 15) is 0 Å². The normalized spacial score (nSPS) is 10.9. The number of thiophene rings is 1. The van der Waals surface area contributed by atoms with Gasteiger partial charge >= 0.3 is 0 Å². The highest BCUT2D eigenvalue weighted by Crippen LogP contribution is 2.35. The summed E-state index contributed by atoms with van der Waals surface area (Å²) in [5.74, 6) is 0. The van der Waals surface area contributed by atoms with E-state index in [0.717, 1.165) is 18.0 Å². The maximum Gasteiger partial charge on any atom is 0.146 e. The van der Waals surface area contributed by atoms with E-state index in [4.69, 9.17) is 23.2 Å². The van der Waals surface area contributed by atoms with E-state index in [1.807, 2.05) is 6.07 Å². The van der Waals surface area contributed by atoms with Crippen LogP contribution in [0.1, 0.15) is 0 Å². The molecule has 2 aromatic rings. The third kappa shape index (κ3) is 1.43. The third-order valence-corrected chi connectivity index (χ3v) is 3.97. The molecule has 0 aliphatic heterocycles. The molecule has 0 atom stereocenters. The van der Waals surface area contributed by atoms with Crippen LogP contribution in [0.2, 0.25) is 9.49 Å². The zero-order valence-corrected chi connectivity index (χ0v) is 10.1. The third-order valence-electron chi connectivity index (χ3n) is 1.44. The summed E-state index contributed by atoms with van der Waals surface area (Å²) < 4.78 is 2.79. The van der Waals surface area contributed by atoms with Crippen LogP contribution < -0.4 is 0 Å². The molecule has 0 aliphatic rings. The number of hydrogen-bond acceptors (Lipinski definition) is 2. The first-order valence-electron chi connectivity index (χ1n) is 3.07. The monoisotopic (exact) mass is 329 g/mol. The Hall–Kier alpha value is 0.420. The van der Waals surface area contributed by atoms with Crippen LogP contribution in [0.15, 0.2) is 12.3 Å². The van der Waals surface area contributed by atoms with Gasteiger partial charge in [0.25, 0.3) is 0 Å². The second-order valence-electron chi connectivity index (χ2n) is 2.19. The van der Waals surface area contributed by atoms with E-state index in [2.05, 4.69) is 27.6 Å². The van der Waals surface area contributed by atoms with Gasteiger partial charge in [-0.15, -0.1) is 11.3 Å². The standard InChI is InChI=1S/C7H2Cl2INS/c8-5-1-3-4(10)2-11-7(9)6(3)12-5/h1-2H. The van der Waals surface area contributed by atoms with Crippen molar-refractivity contribution in [3.05, 3.63) is 25.3 Å². The van der Waals surface area contributed by atoms with Crippen LogP contribution in [0.3, 0.4) is 0 Å². The molecular formula is C7H2Cl2INS. The van der Waals surface area contributed by atoms with Gasteiger partial charge in [0.2, 0.25) is 0 Å². The number of hydrogen-bond donors (Lipinski definition) is 0. The molecule has 0 spiro atoms. The van der Waals surface area contributed by atoms with Crippen LogP contribution in [0.25, 0.3) is 10.1 Å². The average Bonchev–Trinajstić information content (AvgIpc) is 2.41. The number of rotatable bonds is 0. The highest BCUT2D eigenvalue weighted by Gasteiger charge is 2.07. The van der Waals surface area contributed by atoms with Gasteiger partial charge in [0.15, 0.2) is 0 Å². The van der Waals surface area contributed by atoms with Gasteiger partial charge < -0.3 is 0 Å². The summed E-state index contributed by atoms with van der Waals surface area (Å²) in [6.45, 7) is 0. The Bertz CT molecular complexity index is 401. The maximum absolute atomic E-state index is 5.88. The first-order valence-corrected chi connectivity index (χ1v) is 5.72. The molecule has 0 saturated carbocycles. The van der Waals surface area contributed by atoms with Crippen molar-refractivity contribution < 1.29 is 0 Å². The Balaban J connectivity index is 2.93. The number of fused-ring (bicyclic) bond motifs is 1. The summed E-state index contributed by atoms with van der Waals surface area (Å²) in [6.07, 6.45) is 1.74. The molecule has 12 heavy (non-hydrogen) atoms. The zero-order valence-electron chi connectivity index (χ0n) is 5.64. The van der Waals surface area contributed by atoms with Crippen molar-refractivity contribution in [2.45, 2.75) is 0 Å². The van der Waals surface area contributed by atoms with Crippen LogP contribution in [0, 0.1) is 3.57 Å². The van der Waals surface area contributed by atoms with Crippen molar-refractivity contribution in [3.8, 4) is 0 Å². The lowest BCUT2D eigenvalue weighted by atomic mass is 10.3. The van der Waals surface area contributed by atoms with E-state index in [1.165, 1.54) is 11.3 Å². The first-order chi connectivity index (χ1) is 5.68. The largest absolute Gasteiger partial charge is 0.242 e. The summed E-state index contributed by atoms with van der Waals surface area (Å²) in [7, 11) is 0. The predicted molar refractivity (Wildman–Crippen MR) is 62.4 cm³/mol. The van der Waals surface area contributed by atoms with Crippen molar-refractivity contribution in [2.75, 3.05) is 0 Å².